The summed E-state index contributed by atoms with van der Waals surface area (Å²) in [6, 6.07) is 7.72. The summed E-state index contributed by atoms with van der Waals surface area (Å²) in [5.74, 6) is 1.22. The zero-order chi connectivity index (χ0) is 14.0. The largest absolute Gasteiger partial charge is 0.482 e. The van der Waals surface area contributed by atoms with Crippen molar-refractivity contribution in [3.05, 3.63) is 24.3 Å². The lowest BCUT2D eigenvalue weighted by atomic mass is 9.81. The predicted octanol–water partition coefficient (Wildman–Crippen LogP) is 3.47. The number of anilines is 1. The van der Waals surface area contributed by atoms with E-state index in [2.05, 4.69) is 36.7 Å². The van der Waals surface area contributed by atoms with Crippen LogP contribution in [-0.2, 0) is 4.79 Å². The zero-order valence-corrected chi connectivity index (χ0v) is 13.2. The molecule has 4 heteroatoms. The van der Waals surface area contributed by atoms with E-state index in [0.29, 0.717) is 12.5 Å². The first-order chi connectivity index (χ1) is 8.93. The number of ether oxygens (including phenoxy) is 1. The van der Waals surface area contributed by atoms with Gasteiger partial charge in [-0.1, -0.05) is 48.8 Å². The molecule has 1 amide bonds. The van der Waals surface area contributed by atoms with E-state index in [1.807, 2.05) is 29.2 Å². The second-order valence-corrected chi connectivity index (χ2v) is 6.63. The molecule has 0 saturated carbocycles. The summed E-state index contributed by atoms with van der Waals surface area (Å²) in [5, 5.41) is 0.878. The molecule has 0 aromatic heterocycles. The van der Waals surface area contributed by atoms with Crippen molar-refractivity contribution in [2.75, 3.05) is 23.4 Å². The third-order valence-electron chi connectivity index (χ3n) is 3.62. The van der Waals surface area contributed by atoms with Gasteiger partial charge in [-0.25, -0.2) is 0 Å². The molecule has 1 aliphatic rings. The first-order valence-electron chi connectivity index (χ1n) is 6.51. The molecule has 1 unspecified atom stereocenters. The second-order valence-electron chi connectivity index (χ2n) is 5.98. The number of benzene rings is 1. The van der Waals surface area contributed by atoms with Gasteiger partial charge in [-0.2, -0.15) is 0 Å². The van der Waals surface area contributed by atoms with E-state index >= 15 is 0 Å². The fourth-order valence-electron chi connectivity index (χ4n) is 2.13. The number of nitrogens with zero attached hydrogens (tertiary/aromatic N) is 1. The Morgan fingerprint density at radius 2 is 2.05 bits per heavy atom. The summed E-state index contributed by atoms with van der Waals surface area (Å²) in [6.45, 7) is 7.46. The Morgan fingerprint density at radius 3 is 2.68 bits per heavy atom. The van der Waals surface area contributed by atoms with Crippen LogP contribution in [0, 0.1) is 11.3 Å². The van der Waals surface area contributed by atoms with Gasteiger partial charge in [0.05, 0.1) is 5.69 Å². The molecule has 0 radical (unpaired) electrons. The van der Waals surface area contributed by atoms with E-state index in [9.17, 15) is 4.79 Å². The Kier molecular flexibility index (Phi) is 4.19. The van der Waals surface area contributed by atoms with Crippen LogP contribution in [0.3, 0.4) is 0 Å². The van der Waals surface area contributed by atoms with E-state index in [-0.39, 0.29) is 17.9 Å². The summed E-state index contributed by atoms with van der Waals surface area (Å²) < 4.78 is 5.46. The number of amides is 1. The normalized spacial score (nSPS) is 16.8. The summed E-state index contributed by atoms with van der Waals surface area (Å²) in [4.78, 5) is 14.0. The number of carbonyl (C=O) groups excluding carboxylic acids is 1. The van der Waals surface area contributed by atoms with E-state index in [1.165, 1.54) is 0 Å². The van der Waals surface area contributed by atoms with Crippen LogP contribution < -0.4 is 9.64 Å². The smallest absolute Gasteiger partial charge is 0.265 e. The maximum atomic E-state index is 12.1. The van der Waals surface area contributed by atoms with Crippen LogP contribution in [0.1, 0.15) is 20.8 Å². The highest BCUT2D eigenvalue weighted by Gasteiger charge is 2.31. The monoisotopic (exact) mass is 325 g/mol. The van der Waals surface area contributed by atoms with Gasteiger partial charge in [-0.05, 0) is 23.5 Å². The summed E-state index contributed by atoms with van der Waals surface area (Å²) in [5.41, 5.74) is 1.03. The van der Waals surface area contributed by atoms with Crippen molar-refractivity contribution >= 4 is 27.5 Å². The third-order valence-corrected chi connectivity index (χ3v) is 4.40. The second kappa shape index (κ2) is 5.53. The van der Waals surface area contributed by atoms with Crippen LogP contribution in [0.2, 0.25) is 0 Å². The summed E-state index contributed by atoms with van der Waals surface area (Å²) in [6.07, 6.45) is 0. The number of alkyl halides is 1. The highest BCUT2D eigenvalue weighted by molar-refractivity contribution is 9.09. The predicted molar refractivity (Wildman–Crippen MR) is 81.0 cm³/mol. The number of rotatable bonds is 3. The van der Waals surface area contributed by atoms with Crippen molar-refractivity contribution in [1.29, 1.82) is 0 Å². The number of fused-ring (bicyclic) bond motifs is 1. The number of hydrogen-bond donors (Lipinski definition) is 0. The van der Waals surface area contributed by atoms with Gasteiger partial charge in [-0.15, -0.1) is 0 Å². The highest BCUT2D eigenvalue weighted by atomic mass is 79.9. The topological polar surface area (TPSA) is 29.5 Å². The summed E-state index contributed by atoms with van der Waals surface area (Å²) >= 11 is 3.57. The van der Waals surface area contributed by atoms with Crippen LogP contribution in [0.5, 0.6) is 5.75 Å². The third kappa shape index (κ3) is 3.11. The van der Waals surface area contributed by atoms with Crippen LogP contribution >= 0.6 is 15.9 Å². The molecule has 1 aromatic rings. The highest BCUT2D eigenvalue weighted by Crippen LogP contribution is 2.35. The molecule has 1 aromatic carbocycles. The van der Waals surface area contributed by atoms with Gasteiger partial charge in [0.25, 0.3) is 5.91 Å². The fraction of sp³-hybridized carbons (Fsp3) is 0.533. The Hall–Kier alpha value is -1.03. The maximum Gasteiger partial charge on any atom is 0.265 e. The van der Waals surface area contributed by atoms with Crippen molar-refractivity contribution in [2.24, 2.45) is 11.3 Å². The van der Waals surface area contributed by atoms with Gasteiger partial charge in [0, 0.05) is 11.9 Å². The van der Waals surface area contributed by atoms with Gasteiger partial charge >= 0.3 is 0 Å². The molecule has 0 N–H and O–H groups in total. The van der Waals surface area contributed by atoms with Gasteiger partial charge in [0.2, 0.25) is 0 Å². The Labute approximate surface area is 123 Å². The zero-order valence-electron chi connectivity index (χ0n) is 11.6. The average Bonchev–Trinajstić information content (AvgIpc) is 2.36. The lowest BCUT2D eigenvalue weighted by Gasteiger charge is -2.36. The Morgan fingerprint density at radius 1 is 1.37 bits per heavy atom. The van der Waals surface area contributed by atoms with Gasteiger partial charge < -0.3 is 9.64 Å². The molecular formula is C15H20BrNO2. The van der Waals surface area contributed by atoms with E-state index in [4.69, 9.17) is 4.74 Å². The molecule has 2 rings (SSSR count). The fourth-order valence-corrected chi connectivity index (χ4v) is 3.30. The molecular weight excluding hydrogens is 306 g/mol. The van der Waals surface area contributed by atoms with Crippen molar-refractivity contribution in [3.8, 4) is 5.75 Å². The molecule has 0 saturated heterocycles. The Bertz CT molecular complexity index is 467. The van der Waals surface area contributed by atoms with Crippen molar-refractivity contribution in [1.82, 2.24) is 0 Å². The molecule has 104 valence electrons. The summed E-state index contributed by atoms with van der Waals surface area (Å²) in [7, 11) is 0. The first kappa shape index (κ1) is 14.4. The SMILES string of the molecule is CC(C)(C)C(CBr)CN1C(=O)COc2ccccc21. The van der Waals surface area contributed by atoms with Crippen molar-refractivity contribution in [3.63, 3.8) is 0 Å². The number of para-hydroxylation sites is 2. The van der Waals surface area contributed by atoms with Crippen LogP contribution in [-0.4, -0.2) is 24.4 Å². The molecule has 1 aliphatic heterocycles. The van der Waals surface area contributed by atoms with Crippen molar-refractivity contribution < 1.29 is 9.53 Å². The minimum absolute atomic E-state index is 0.0360. The maximum absolute atomic E-state index is 12.1. The van der Waals surface area contributed by atoms with Crippen LogP contribution in [0.25, 0.3) is 0 Å². The standard InChI is InChI=1S/C15H20BrNO2/c1-15(2,3)11(8-16)9-17-12-6-4-5-7-13(12)19-10-14(17)18/h4-7,11H,8-10H2,1-3H3. The molecule has 1 heterocycles. The molecule has 0 fully saturated rings. The van der Waals surface area contributed by atoms with Crippen LogP contribution in [0.4, 0.5) is 5.69 Å². The van der Waals surface area contributed by atoms with Gasteiger partial charge in [0.1, 0.15) is 5.75 Å². The lowest BCUT2D eigenvalue weighted by Crippen LogP contribution is -2.44. The van der Waals surface area contributed by atoms with E-state index < -0.39 is 0 Å². The molecule has 3 nitrogen and oxygen atoms in total. The average molecular weight is 326 g/mol. The molecule has 0 aliphatic carbocycles. The van der Waals surface area contributed by atoms with Crippen LogP contribution in [0.15, 0.2) is 24.3 Å². The van der Waals surface area contributed by atoms with E-state index in [0.717, 1.165) is 16.8 Å². The lowest BCUT2D eigenvalue weighted by molar-refractivity contribution is -0.121. The molecule has 19 heavy (non-hydrogen) atoms. The van der Waals surface area contributed by atoms with Gasteiger partial charge in [-0.3, -0.25) is 4.79 Å². The number of halogens is 1. The molecule has 1 atom stereocenters. The minimum Gasteiger partial charge on any atom is -0.482 e. The molecule has 0 spiro atoms. The number of hydrogen-bond acceptors (Lipinski definition) is 2. The molecule has 0 bridgehead atoms. The quantitative estimate of drug-likeness (QED) is 0.796. The van der Waals surface area contributed by atoms with E-state index in [1.54, 1.807) is 0 Å². The Balaban J connectivity index is 2.26. The minimum atomic E-state index is 0.0360. The van der Waals surface area contributed by atoms with Gasteiger partial charge in [0.15, 0.2) is 6.61 Å². The number of carbonyl (C=O) groups is 1. The first-order valence-corrected chi connectivity index (χ1v) is 7.64. The van der Waals surface area contributed by atoms with Crippen molar-refractivity contribution in [2.45, 2.75) is 20.8 Å².